The third-order valence-corrected chi connectivity index (χ3v) is 28.7. The molecule has 0 spiro atoms. The predicted octanol–water partition coefficient (Wildman–Crippen LogP) is -3.36. The van der Waals surface area contributed by atoms with Crippen molar-refractivity contribution in [1.29, 1.82) is 0 Å². The van der Waals surface area contributed by atoms with Gasteiger partial charge in [-0.2, -0.15) is 8.42 Å². The van der Waals surface area contributed by atoms with Crippen LogP contribution >= 0.6 is 0 Å². The molecule has 0 rings (SSSR count). The van der Waals surface area contributed by atoms with Gasteiger partial charge in [0.05, 0.1) is 5.75 Å². The van der Waals surface area contributed by atoms with Crippen LogP contribution in [0.4, 0.5) is 0 Å². The zero-order chi connectivity index (χ0) is 35.4. The molecule has 272 valence electrons. The van der Waals surface area contributed by atoms with Gasteiger partial charge in [-0.25, -0.2) is 0 Å². The summed E-state index contributed by atoms with van der Waals surface area (Å²) in [6.07, 6.45) is -0.577. The molecule has 0 aromatic heterocycles. The van der Waals surface area contributed by atoms with Crippen molar-refractivity contribution >= 4 is 71.7 Å². The molecule has 20 nitrogen and oxygen atoms in total. The smallest absolute Gasteiger partial charge is 0.391 e. The van der Waals surface area contributed by atoms with Crippen LogP contribution in [0.1, 0.15) is 47.0 Å². The molecular formula is C17H52N2O18SSi7. The number of hydrogen-bond donors (Lipinski definition) is 12. The Labute approximate surface area is 271 Å². The highest BCUT2D eigenvalue weighted by molar-refractivity contribution is 7.85. The van der Waals surface area contributed by atoms with E-state index in [2.05, 4.69) is 0 Å². The van der Waals surface area contributed by atoms with E-state index < -0.39 is 102 Å². The van der Waals surface area contributed by atoms with Crippen LogP contribution in [0.5, 0.6) is 0 Å². The second-order valence-electron chi connectivity index (χ2n) is 10.3. The first kappa shape index (κ1) is 45.7. The third-order valence-electron chi connectivity index (χ3n) is 6.02. The van der Waals surface area contributed by atoms with Crippen molar-refractivity contribution in [1.82, 2.24) is 0 Å². The van der Waals surface area contributed by atoms with Gasteiger partial charge in [0, 0.05) is 42.3 Å². The Hall–Kier alpha value is 0.748. The molecule has 0 aliphatic carbocycles. The highest BCUT2D eigenvalue weighted by atomic mass is 32.2. The van der Waals surface area contributed by atoms with Gasteiger partial charge in [0.1, 0.15) is 0 Å². The molecule has 0 aromatic carbocycles. The molecule has 0 aliphatic heterocycles. The molecule has 0 aromatic rings. The molecule has 0 fully saturated rings. The van der Waals surface area contributed by atoms with Gasteiger partial charge in [0.2, 0.25) is 0 Å². The van der Waals surface area contributed by atoms with E-state index in [0.29, 0.717) is 0 Å². The Morgan fingerprint density at radius 2 is 0.889 bits per heavy atom. The monoisotopic (exact) mass is 800 g/mol. The normalized spacial score (nSPS) is 19.0. The van der Waals surface area contributed by atoms with Gasteiger partial charge in [-0.3, -0.25) is 4.55 Å². The SMILES string of the molecule is CC[Si](O)(O)O[Si](O)(CC)O[Si](CCCN)(O[Si](O)(CC)O[Si](O)(O)CC)O[Si](O)(CCCN)O[Si](O)(O)CCCS(=O)(=O)O. The highest BCUT2D eigenvalue weighted by Crippen LogP contribution is 2.35. The summed E-state index contributed by atoms with van der Waals surface area (Å²) in [5.41, 5.74) is 11.3. The van der Waals surface area contributed by atoms with Crippen molar-refractivity contribution in [3.05, 3.63) is 0 Å². The van der Waals surface area contributed by atoms with Crippen LogP contribution in [0, 0.1) is 0 Å². The molecule has 45 heavy (non-hydrogen) atoms. The van der Waals surface area contributed by atoms with Crippen molar-refractivity contribution in [2.45, 2.75) is 89.3 Å². The summed E-state index contributed by atoms with van der Waals surface area (Å²) in [6.45, 7) is 5.34. The third kappa shape index (κ3) is 18.4. The maximum Gasteiger partial charge on any atom is 0.488 e. The van der Waals surface area contributed by atoms with Crippen molar-refractivity contribution in [2.75, 3.05) is 18.8 Å². The second kappa shape index (κ2) is 18.7. The van der Waals surface area contributed by atoms with Gasteiger partial charge in [-0.05, 0) is 32.4 Å². The van der Waals surface area contributed by atoms with Crippen molar-refractivity contribution in [3.63, 3.8) is 0 Å². The predicted molar refractivity (Wildman–Crippen MR) is 171 cm³/mol. The van der Waals surface area contributed by atoms with Crippen LogP contribution in [0.25, 0.3) is 0 Å². The summed E-state index contributed by atoms with van der Waals surface area (Å²) in [5, 5.41) is 0. The first-order valence-corrected chi connectivity index (χ1v) is 29.9. The van der Waals surface area contributed by atoms with Crippen molar-refractivity contribution in [2.24, 2.45) is 11.5 Å². The molecule has 0 heterocycles. The molecule has 14 N–H and O–H groups in total. The van der Waals surface area contributed by atoms with Gasteiger partial charge in [-0.15, -0.1) is 0 Å². The zero-order valence-electron chi connectivity index (χ0n) is 26.0. The lowest BCUT2D eigenvalue weighted by Crippen LogP contribution is -2.70. The fourth-order valence-electron chi connectivity index (χ4n) is 3.49. The van der Waals surface area contributed by atoms with E-state index in [1.807, 2.05) is 0 Å². The molecular weight excluding hydrogens is 749 g/mol. The molecule has 0 saturated carbocycles. The average Bonchev–Trinajstić information content (AvgIpc) is 2.88. The Bertz CT molecular complexity index is 957. The highest BCUT2D eigenvalue weighted by Gasteiger charge is 2.64. The van der Waals surface area contributed by atoms with E-state index in [9.17, 15) is 51.6 Å². The van der Waals surface area contributed by atoms with Crippen molar-refractivity contribution in [3.8, 4) is 0 Å². The lowest BCUT2D eigenvalue weighted by atomic mass is 10.5. The average molecular weight is 801 g/mol. The first-order valence-electron chi connectivity index (χ1n) is 14.4. The van der Waals surface area contributed by atoms with Gasteiger partial charge in [0.25, 0.3) is 10.1 Å². The minimum atomic E-state index is -5.02. The van der Waals surface area contributed by atoms with E-state index in [1.165, 1.54) is 27.7 Å². The number of rotatable bonds is 26. The van der Waals surface area contributed by atoms with E-state index in [0.717, 1.165) is 0 Å². The maximum atomic E-state index is 11.7. The summed E-state index contributed by atoms with van der Waals surface area (Å²) < 4.78 is 65.1. The zero-order valence-corrected chi connectivity index (χ0v) is 33.8. The minimum absolute atomic E-state index is 0.0458. The van der Waals surface area contributed by atoms with Gasteiger partial charge in [0.15, 0.2) is 0 Å². The second-order valence-corrected chi connectivity index (χ2v) is 31.2. The quantitative estimate of drug-likeness (QED) is 0.0300. The van der Waals surface area contributed by atoms with Gasteiger partial charge in [-0.1, -0.05) is 27.7 Å². The summed E-state index contributed by atoms with van der Waals surface area (Å²) in [5.74, 6) is -0.854. The molecule has 0 radical (unpaired) electrons. The van der Waals surface area contributed by atoms with Crippen LogP contribution in [0.2, 0.25) is 42.3 Å². The first-order chi connectivity index (χ1) is 20.3. The topological polar surface area (TPSA) is 344 Å². The Balaban J connectivity index is 7.15. The van der Waals surface area contributed by atoms with E-state index in [4.69, 9.17) is 40.7 Å². The summed E-state index contributed by atoms with van der Waals surface area (Å²) in [7, 11) is -38.1. The number of hydrogen-bond acceptors (Lipinski definition) is 19. The standard InChI is InChI=1S/C17H52N2O18SSi7/c1-5-39(23,24)32-42(29,7-3)35-45(17-10-13-19,36-43(30,8-4)33-40(25,26)6-2)37-44(31,16-9-12-18)34-41(27,28)15-11-14-38(20,21)22/h23-31H,5-19H2,1-4H3,(H,20,21,22). The lowest BCUT2D eigenvalue weighted by molar-refractivity contribution is 0.0791. The van der Waals surface area contributed by atoms with Crippen LogP contribution in [0.15, 0.2) is 0 Å². The Morgan fingerprint density at radius 1 is 0.511 bits per heavy atom. The molecule has 3 unspecified atom stereocenters. The summed E-state index contributed by atoms with van der Waals surface area (Å²) >= 11 is 0. The van der Waals surface area contributed by atoms with Crippen molar-refractivity contribution < 1.29 is 80.8 Å². The van der Waals surface area contributed by atoms with Crippen LogP contribution < -0.4 is 11.5 Å². The fourth-order valence-corrected chi connectivity index (χ4v) is 27.3. The fraction of sp³-hybridized carbons (Fsp3) is 1.00. The molecule has 28 heteroatoms. The van der Waals surface area contributed by atoms with E-state index in [1.54, 1.807) is 0 Å². The summed E-state index contributed by atoms with van der Waals surface area (Å²) in [6, 6.07) is -3.04. The van der Waals surface area contributed by atoms with E-state index in [-0.39, 0.29) is 50.1 Å². The Kier molecular flexibility index (Phi) is 19.0. The molecule has 0 bridgehead atoms. The van der Waals surface area contributed by atoms with Crippen LogP contribution in [0.3, 0.4) is 0 Å². The van der Waals surface area contributed by atoms with Crippen LogP contribution in [-0.2, 0) is 34.8 Å². The van der Waals surface area contributed by atoms with Gasteiger partial charge >= 0.3 is 61.6 Å². The molecule has 3 atom stereocenters. The maximum absolute atomic E-state index is 11.7. The number of nitrogens with two attached hydrogens (primary N) is 2. The largest absolute Gasteiger partial charge is 0.488 e. The lowest BCUT2D eigenvalue weighted by Gasteiger charge is -2.44. The van der Waals surface area contributed by atoms with E-state index >= 15 is 0 Å². The summed E-state index contributed by atoms with van der Waals surface area (Å²) in [4.78, 5) is 97.2. The van der Waals surface area contributed by atoms with Crippen LogP contribution in [-0.4, -0.2) is 137 Å². The van der Waals surface area contributed by atoms with Gasteiger partial charge < -0.3 is 79.3 Å². The molecule has 0 amide bonds. The molecule has 0 aliphatic rings. The minimum Gasteiger partial charge on any atom is -0.391 e. The molecule has 0 saturated heterocycles. The Morgan fingerprint density at radius 3 is 1.24 bits per heavy atom.